The van der Waals surface area contributed by atoms with Crippen molar-refractivity contribution in [2.75, 3.05) is 7.11 Å². The van der Waals surface area contributed by atoms with E-state index in [1.54, 1.807) is 67.3 Å². The molecule has 1 atom stereocenters. The van der Waals surface area contributed by atoms with Crippen LogP contribution in [0.15, 0.2) is 76.5 Å². The second-order valence-corrected chi connectivity index (χ2v) is 8.19. The van der Waals surface area contributed by atoms with Crippen molar-refractivity contribution in [3.63, 3.8) is 0 Å². The Labute approximate surface area is 188 Å². The van der Waals surface area contributed by atoms with E-state index in [1.165, 1.54) is 17.8 Å². The highest BCUT2D eigenvalue weighted by molar-refractivity contribution is 8.00. The lowest BCUT2D eigenvalue weighted by Gasteiger charge is -2.14. The Morgan fingerprint density at radius 3 is 2.62 bits per heavy atom. The first-order valence-electron chi connectivity index (χ1n) is 9.88. The minimum Gasteiger partial charge on any atom is -0.497 e. The number of benzene rings is 2. The number of halogens is 1. The second-order valence-electron chi connectivity index (χ2n) is 6.88. The predicted octanol–water partition coefficient (Wildman–Crippen LogP) is 4.47. The quantitative estimate of drug-likeness (QED) is 0.397. The van der Waals surface area contributed by atoms with Crippen LogP contribution in [0.25, 0.3) is 17.1 Å². The van der Waals surface area contributed by atoms with Crippen LogP contribution in [0, 0.1) is 5.82 Å². The number of thioether (sulfide) groups is 1. The Balaban J connectivity index is 1.63. The van der Waals surface area contributed by atoms with E-state index in [0.29, 0.717) is 28.2 Å². The summed E-state index contributed by atoms with van der Waals surface area (Å²) in [5.41, 5.74) is 1.04. The third-order valence-electron chi connectivity index (χ3n) is 4.74. The van der Waals surface area contributed by atoms with Crippen molar-refractivity contribution < 1.29 is 18.3 Å². The molecule has 9 heteroatoms. The molecule has 4 aromatic rings. The molecule has 0 bridgehead atoms. The van der Waals surface area contributed by atoms with E-state index in [4.69, 9.17) is 9.15 Å². The fraction of sp³-hybridized carbons (Fsp3) is 0.174. The zero-order valence-electron chi connectivity index (χ0n) is 17.5. The molecule has 0 radical (unpaired) electrons. The normalized spacial score (nSPS) is 11.8. The molecule has 0 aliphatic heterocycles. The summed E-state index contributed by atoms with van der Waals surface area (Å²) in [4.78, 5) is 12.6. The highest BCUT2D eigenvalue weighted by Crippen LogP contribution is 2.31. The van der Waals surface area contributed by atoms with Crippen LogP contribution in [-0.4, -0.2) is 33.0 Å². The number of carbonyl (C=O) groups is 1. The molecule has 0 saturated heterocycles. The van der Waals surface area contributed by atoms with E-state index in [1.807, 2.05) is 12.1 Å². The maximum absolute atomic E-state index is 14.7. The fourth-order valence-electron chi connectivity index (χ4n) is 3.07. The van der Waals surface area contributed by atoms with Gasteiger partial charge in [0.25, 0.3) is 0 Å². The lowest BCUT2D eigenvalue weighted by atomic mass is 10.2. The average Bonchev–Trinajstić information content (AvgIpc) is 3.48. The van der Waals surface area contributed by atoms with Gasteiger partial charge in [-0.3, -0.25) is 9.36 Å². The summed E-state index contributed by atoms with van der Waals surface area (Å²) in [5.74, 6) is 1.21. The summed E-state index contributed by atoms with van der Waals surface area (Å²) in [6.07, 6.45) is 1.55. The van der Waals surface area contributed by atoms with Crippen LogP contribution in [0.2, 0.25) is 0 Å². The Hall–Kier alpha value is -3.59. The Bertz CT molecular complexity index is 1190. The molecular weight excluding hydrogens is 431 g/mol. The average molecular weight is 453 g/mol. The summed E-state index contributed by atoms with van der Waals surface area (Å²) in [7, 11) is 1.59. The van der Waals surface area contributed by atoms with Crippen molar-refractivity contribution in [2.24, 2.45) is 0 Å². The number of amides is 1. The number of carbonyl (C=O) groups excluding carboxylic acids is 1. The number of hydrogen-bond donors (Lipinski definition) is 1. The van der Waals surface area contributed by atoms with E-state index < -0.39 is 11.1 Å². The molecule has 32 heavy (non-hydrogen) atoms. The highest BCUT2D eigenvalue weighted by atomic mass is 32.2. The molecule has 4 rings (SSSR count). The SMILES string of the molecule is COc1ccc(-c2nnc(S[C@@H](C)C(=O)NCc3ccco3)n2-c2ccccc2F)cc1. The lowest BCUT2D eigenvalue weighted by molar-refractivity contribution is -0.120. The number of methoxy groups -OCH3 is 1. The predicted molar refractivity (Wildman–Crippen MR) is 119 cm³/mol. The van der Waals surface area contributed by atoms with Crippen molar-refractivity contribution in [2.45, 2.75) is 23.9 Å². The maximum Gasteiger partial charge on any atom is 0.233 e. The smallest absolute Gasteiger partial charge is 0.233 e. The molecule has 0 spiro atoms. The first kappa shape index (κ1) is 21.6. The molecule has 2 aromatic heterocycles. The van der Waals surface area contributed by atoms with E-state index in [0.717, 1.165) is 5.56 Å². The van der Waals surface area contributed by atoms with Gasteiger partial charge in [-0.25, -0.2) is 4.39 Å². The summed E-state index contributed by atoms with van der Waals surface area (Å²) < 4.78 is 26.8. The number of nitrogens with one attached hydrogen (secondary N) is 1. The van der Waals surface area contributed by atoms with Gasteiger partial charge in [0.05, 0.1) is 30.9 Å². The molecule has 2 aromatic carbocycles. The molecular formula is C23H21FN4O3S. The van der Waals surface area contributed by atoms with Gasteiger partial charge < -0.3 is 14.5 Å². The molecule has 0 aliphatic rings. The molecule has 0 unspecified atom stereocenters. The van der Waals surface area contributed by atoms with Crippen LogP contribution in [0.5, 0.6) is 5.75 Å². The number of nitrogens with zero attached hydrogens (tertiary/aromatic N) is 3. The molecule has 1 N–H and O–H groups in total. The lowest BCUT2D eigenvalue weighted by Crippen LogP contribution is -2.30. The summed E-state index contributed by atoms with van der Waals surface area (Å²) >= 11 is 1.20. The van der Waals surface area contributed by atoms with Crippen molar-refractivity contribution in [3.8, 4) is 22.8 Å². The van der Waals surface area contributed by atoms with Crippen LogP contribution in [0.1, 0.15) is 12.7 Å². The van der Waals surface area contributed by atoms with E-state index in [2.05, 4.69) is 15.5 Å². The second kappa shape index (κ2) is 9.69. The summed E-state index contributed by atoms with van der Waals surface area (Å²) in [5, 5.41) is 11.3. The van der Waals surface area contributed by atoms with Gasteiger partial charge in [0.2, 0.25) is 5.91 Å². The highest BCUT2D eigenvalue weighted by Gasteiger charge is 2.23. The summed E-state index contributed by atoms with van der Waals surface area (Å²) in [6.45, 7) is 2.05. The Morgan fingerprint density at radius 2 is 1.94 bits per heavy atom. The van der Waals surface area contributed by atoms with Crippen LogP contribution in [-0.2, 0) is 11.3 Å². The van der Waals surface area contributed by atoms with Crippen LogP contribution in [0.4, 0.5) is 4.39 Å². The Kier molecular flexibility index (Phi) is 6.55. The molecule has 0 saturated carbocycles. The molecule has 1 amide bonds. The van der Waals surface area contributed by atoms with Gasteiger partial charge in [-0.15, -0.1) is 10.2 Å². The number of aromatic nitrogens is 3. The van der Waals surface area contributed by atoms with Crippen LogP contribution >= 0.6 is 11.8 Å². The number of hydrogen-bond acceptors (Lipinski definition) is 6. The van der Waals surface area contributed by atoms with Gasteiger partial charge in [0.15, 0.2) is 11.0 Å². The number of furan rings is 1. The monoisotopic (exact) mass is 452 g/mol. The Morgan fingerprint density at radius 1 is 1.16 bits per heavy atom. The maximum atomic E-state index is 14.7. The van der Waals surface area contributed by atoms with Crippen LogP contribution in [0.3, 0.4) is 0 Å². The minimum atomic E-state index is -0.497. The molecule has 7 nitrogen and oxygen atoms in total. The third kappa shape index (κ3) is 4.67. The third-order valence-corrected chi connectivity index (χ3v) is 5.79. The van der Waals surface area contributed by atoms with Gasteiger partial charge in [0.1, 0.15) is 17.3 Å². The van der Waals surface area contributed by atoms with E-state index in [-0.39, 0.29) is 12.5 Å². The van der Waals surface area contributed by atoms with Crippen molar-refractivity contribution in [1.82, 2.24) is 20.1 Å². The van der Waals surface area contributed by atoms with E-state index >= 15 is 0 Å². The van der Waals surface area contributed by atoms with Gasteiger partial charge in [0, 0.05) is 5.56 Å². The minimum absolute atomic E-state index is 0.194. The number of para-hydroxylation sites is 1. The number of ether oxygens (including phenoxy) is 1. The van der Waals surface area contributed by atoms with E-state index in [9.17, 15) is 9.18 Å². The first-order chi connectivity index (χ1) is 15.6. The topological polar surface area (TPSA) is 82.2 Å². The molecule has 164 valence electrons. The van der Waals surface area contributed by atoms with Gasteiger partial charge in [-0.05, 0) is 55.5 Å². The first-order valence-corrected chi connectivity index (χ1v) is 10.8. The fourth-order valence-corrected chi connectivity index (χ4v) is 3.95. The van der Waals surface area contributed by atoms with Crippen molar-refractivity contribution in [3.05, 3.63) is 78.5 Å². The molecule has 2 heterocycles. The number of rotatable bonds is 8. The van der Waals surface area contributed by atoms with Gasteiger partial charge in [-0.2, -0.15) is 0 Å². The van der Waals surface area contributed by atoms with Crippen molar-refractivity contribution >= 4 is 17.7 Å². The van der Waals surface area contributed by atoms with Crippen molar-refractivity contribution in [1.29, 1.82) is 0 Å². The standard InChI is InChI=1S/C23H21FN4O3S/c1-15(22(29)25-14-18-6-5-13-31-18)32-23-27-26-21(16-9-11-17(30-2)12-10-16)28(23)20-8-4-3-7-19(20)24/h3-13,15H,14H2,1-2H3,(H,25,29)/t15-/m0/s1. The molecule has 0 fully saturated rings. The van der Waals surface area contributed by atoms with Gasteiger partial charge in [-0.1, -0.05) is 23.9 Å². The van der Waals surface area contributed by atoms with Gasteiger partial charge >= 0.3 is 0 Å². The van der Waals surface area contributed by atoms with Crippen LogP contribution < -0.4 is 10.1 Å². The zero-order valence-corrected chi connectivity index (χ0v) is 18.3. The largest absolute Gasteiger partial charge is 0.497 e. The summed E-state index contributed by atoms with van der Waals surface area (Å²) in [6, 6.07) is 17.2. The molecule has 0 aliphatic carbocycles. The zero-order chi connectivity index (χ0) is 22.5.